The highest BCUT2D eigenvalue weighted by Crippen LogP contribution is 2.35. The van der Waals surface area contributed by atoms with Crippen LogP contribution in [0.1, 0.15) is 12.5 Å². The van der Waals surface area contributed by atoms with Crippen molar-refractivity contribution in [1.29, 1.82) is 0 Å². The monoisotopic (exact) mass is 400 g/mol. The van der Waals surface area contributed by atoms with Gasteiger partial charge in [-0.2, -0.15) is 0 Å². The summed E-state index contributed by atoms with van der Waals surface area (Å²) in [5.74, 6) is 1.08. The minimum absolute atomic E-state index is 0.00124. The van der Waals surface area contributed by atoms with Gasteiger partial charge in [0.15, 0.2) is 11.5 Å². The molecule has 1 aliphatic heterocycles. The number of benzene rings is 2. The summed E-state index contributed by atoms with van der Waals surface area (Å²) < 4.78 is 11.1. The van der Waals surface area contributed by atoms with E-state index >= 15 is 0 Å². The zero-order valence-corrected chi connectivity index (χ0v) is 17.0. The number of thioether (sulfide) groups is 1. The first-order valence-electron chi connectivity index (χ1n) is 9.10. The van der Waals surface area contributed by atoms with Crippen molar-refractivity contribution in [3.05, 3.63) is 48.0 Å². The lowest BCUT2D eigenvalue weighted by Crippen LogP contribution is -2.38. The van der Waals surface area contributed by atoms with E-state index in [2.05, 4.69) is 5.32 Å². The van der Waals surface area contributed by atoms with Crippen LogP contribution in [0, 0.1) is 6.92 Å². The number of nitrogens with one attached hydrogen (secondary N) is 1. The molecule has 0 aliphatic carbocycles. The molecule has 6 nitrogen and oxygen atoms in total. The summed E-state index contributed by atoms with van der Waals surface area (Å²) in [6.45, 7) is 4.88. The van der Waals surface area contributed by atoms with Gasteiger partial charge in [0, 0.05) is 17.6 Å². The minimum Gasteiger partial charge on any atom is -0.486 e. The van der Waals surface area contributed by atoms with Crippen LogP contribution in [0.25, 0.3) is 0 Å². The molecule has 3 rings (SSSR count). The molecule has 0 saturated carbocycles. The molecule has 2 aromatic carbocycles. The average molecular weight is 401 g/mol. The van der Waals surface area contributed by atoms with Gasteiger partial charge in [-0.3, -0.25) is 9.59 Å². The van der Waals surface area contributed by atoms with Gasteiger partial charge in [-0.15, -0.1) is 11.8 Å². The van der Waals surface area contributed by atoms with Crippen molar-refractivity contribution in [2.45, 2.75) is 24.0 Å². The number of hydrogen-bond donors (Lipinski definition) is 1. The molecule has 7 heteroatoms. The fourth-order valence-electron chi connectivity index (χ4n) is 2.79. The molecule has 2 aromatic rings. The average Bonchev–Trinajstić information content (AvgIpc) is 2.69. The third kappa shape index (κ3) is 5.19. The molecular weight excluding hydrogens is 376 g/mol. The summed E-state index contributed by atoms with van der Waals surface area (Å²) in [7, 11) is 1.64. The van der Waals surface area contributed by atoms with Crippen LogP contribution in [0.4, 0.5) is 5.69 Å². The lowest BCUT2D eigenvalue weighted by atomic mass is 10.2. The van der Waals surface area contributed by atoms with Crippen LogP contribution in [-0.2, 0) is 9.59 Å². The largest absolute Gasteiger partial charge is 0.486 e. The van der Waals surface area contributed by atoms with Crippen molar-refractivity contribution in [3.8, 4) is 11.5 Å². The first-order valence-corrected chi connectivity index (χ1v) is 9.98. The van der Waals surface area contributed by atoms with Crippen molar-refractivity contribution >= 4 is 29.3 Å². The topological polar surface area (TPSA) is 67.9 Å². The van der Waals surface area contributed by atoms with Crippen molar-refractivity contribution in [2.24, 2.45) is 0 Å². The van der Waals surface area contributed by atoms with Gasteiger partial charge in [0.1, 0.15) is 13.2 Å². The van der Waals surface area contributed by atoms with Gasteiger partial charge in [0.2, 0.25) is 11.8 Å². The smallest absolute Gasteiger partial charge is 0.243 e. The quantitative estimate of drug-likeness (QED) is 0.754. The van der Waals surface area contributed by atoms with E-state index in [1.807, 2.05) is 56.3 Å². The summed E-state index contributed by atoms with van der Waals surface area (Å²) in [5.41, 5.74) is 1.84. The van der Waals surface area contributed by atoms with Gasteiger partial charge in [0.25, 0.3) is 0 Å². The Balaban J connectivity index is 1.53. The van der Waals surface area contributed by atoms with E-state index in [1.54, 1.807) is 7.05 Å². The van der Waals surface area contributed by atoms with Crippen LogP contribution < -0.4 is 14.8 Å². The van der Waals surface area contributed by atoms with Gasteiger partial charge in [-0.25, -0.2) is 0 Å². The second kappa shape index (κ2) is 9.01. The van der Waals surface area contributed by atoms with Gasteiger partial charge < -0.3 is 19.7 Å². The van der Waals surface area contributed by atoms with Crippen molar-refractivity contribution in [1.82, 2.24) is 4.90 Å². The van der Waals surface area contributed by atoms with E-state index in [4.69, 9.17) is 9.47 Å². The summed E-state index contributed by atoms with van der Waals surface area (Å²) in [6.07, 6.45) is 0. The van der Waals surface area contributed by atoms with Gasteiger partial charge in [0.05, 0.1) is 11.8 Å². The lowest BCUT2D eigenvalue weighted by molar-refractivity contribution is -0.132. The maximum absolute atomic E-state index is 12.6. The Kier molecular flexibility index (Phi) is 6.46. The Morgan fingerprint density at radius 1 is 1.11 bits per heavy atom. The van der Waals surface area contributed by atoms with E-state index in [9.17, 15) is 9.59 Å². The van der Waals surface area contributed by atoms with Crippen LogP contribution in [0.3, 0.4) is 0 Å². The Hall–Kier alpha value is -2.67. The minimum atomic E-state index is -0.334. The molecule has 2 amide bonds. The van der Waals surface area contributed by atoms with Crippen LogP contribution in [0.5, 0.6) is 11.5 Å². The van der Waals surface area contributed by atoms with Crippen LogP contribution in [0.2, 0.25) is 0 Å². The van der Waals surface area contributed by atoms with E-state index in [0.717, 1.165) is 21.9 Å². The van der Waals surface area contributed by atoms with Gasteiger partial charge in [-0.1, -0.05) is 17.7 Å². The summed E-state index contributed by atoms with van der Waals surface area (Å²) in [4.78, 5) is 27.2. The molecule has 0 saturated heterocycles. The van der Waals surface area contributed by atoms with E-state index in [0.29, 0.717) is 19.0 Å². The van der Waals surface area contributed by atoms with Crippen LogP contribution >= 0.6 is 11.8 Å². The van der Waals surface area contributed by atoms with Gasteiger partial charge in [-0.05, 0) is 44.2 Å². The first kappa shape index (κ1) is 20.1. The number of amides is 2. The molecule has 0 radical (unpaired) electrons. The van der Waals surface area contributed by atoms with Crippen molar-refractivity contribution in [3.63, 3.8) is 0 Å². The highest BCUT2D eigenvalue weighted by Gasteiger charge is 2.21. The van der Waals surface area contributed by atoms with Gasteiger partial charge >= 0.3 is 0 Å². The first-order chi connectivity index (χ1) is 13.4. The highest BCUT2D eigenvalue weighted by molar-refractivity contribution is 8.00. The number of carbonyl (C=O) groups excluding carboxylic acids is 2. The van der Waals surface area contributed by atoms with Crippen molar-refractivity contribution in [2.75, 3.05) is 32.1 Å². The second-order valence-corrected chi connectivity index (χ2v) is 8.09. The third-order valence-corrected chi connectivity index (χ3v) is 5.35. The molecule has 1 atom stereocenters. The number of ether oxygens (including phenoxy) is 2. The van der Waals surface area contributed by atoms with E-state index < -0.39 is 0 Å². The third-order valence-electron chi connectivity index (χ3n) is 4.27. The van der Waals surface area contributed by atoms with E-state index in [-0.39, 0.29) is 23.6 Å². The molecule has 0 fully saturated rings. The molecule has 0 spiro atoms. The Morgan fingerprint density at radius 2 is 1.79 bits per heavy atom. The Morgan fingerprint density at radius 3 is 2.50 bits per heavy atom. The Labute approximate surface area is 169 Å². The molecule has 1 N–H and O–H groups in total. The van der Waals surface area contributed by atoms with Crippen molar-refractivity contribution < 1.29 is 19.1 Å². The number of fused-ring (bicyclic) bond motifs is 1. The second-order valence-electron chi connectivity index (χ2n) is 6.67. The number of rotatable bonds is 6. The SMILES string of the molecule is Cc1ccc(NC(=O)CN(C)C(=O)[C@H](C)Sc2ccc3c(c2)OCCO3)cc1. The lowest BCUT2D eigenvalue weighted by Gasteiger charge is -2.22. The standard InChI is InChI=1S/C21H24N2O4S/c1-14-4-6-16(7-5-14)22-20(24)13-23(3)21(25)15(2)28-17-8-9-18-19(12-17)27-11-10-26-18/h4-9,12,15H,10-11,13H2,1-3H3,(H,22,24)/t15-/m0/s1. The number of aryl methyl sites for hydroxylation is 1. The van der Waals surface area contributed by atoms with Crippen LogP contribution in [-0.4, -0.2) is 48.8 Å². The molecule has 0 aromatic heterocycles. The summed E-state index contributed by atoms with van der Waals surface area (Å²) >= 11 is 1.43. The highest BCUT2D eigenvalue weighted by atomic mass is 32.2. The van der Waals surface area contributed by atoms with Crippen LogP contribution in [0.15, 0.2) is 47.4 Å². The fraction of sp³-hybridized carbons (Fsp3) is 0.333. The normalized spacial score (nSPS) is 13.5. The number of hydrogen-bond acceptors (Lipinski definition) is 5. The number of carbonyl (C=O) groups is 2. The zero-order chi connectivity index (χ0) is 20.1. The Bertz CT molecular complexity index is 854. The molecule has 148 valence electrons. The number of nitrogens with zero attached hydrogens (tertiary/aromatic N) is 1. The fourth-order valence-corrected chi connectivity index (χ4v) is 3.80. The van der Waals surface area contributed by atoms with E-state index in [1.165, 1.54) is 16.7 Å². The maximum atomic E-state index is 12.6. The number of likely N-dealkylation sites (N-methyl/N-ethyl adjacent to an activating group) is 1. The summed E-state index contributed by atoms with van der Waals surface area (Å²) in [6, 6.07) is 13.2. The summed E-state index contributed by atoms with van der Waals surface area (Å²) in [5, 5.41) is 2.47. The molecule has 28 heavy (non-hydrogen) atoms. The maximum Gasteiger partial charge on any atom is 0.243 e. The predicted octanol–water partition coefficient (Wildman–Crippen LogP) is 3.34. The number of anilines is 1. The molecular formula is C21H24N2O4S. The molecule has 0 unspecified atom stereocenters. The molecule has 0 bridgehead atoms. The zero-order valence-electron chi connectivity index (χ0n) is 16.2. The predicted molar refractivity (Wildman–Crippen MR) is 110 cm³/mol. The molecule has 1 aliphatic rings. The molecule has 1 heterocycles.